The first kappa shape index (κ1) is 30.6. The van der Waals surface area contributed by atoms with E-state index >= 15 is 0 Å². The van der Waals surface area contributed by atoms with E-state index in [0.717, 1.165) is 11.1 Å². The summed E-state index contributed by atoms with van der Waals surface area (Å²) in [5.74, 6) is -0.0232. The molecular formula is C37H50O7. The first-order valence-electron chi connectivity index (χ1n) is 16.9. The molecule has 5 aliphatic carbocycles. The predicted octanol–water partition coefficient (Wildman–Crippen LogP) is 4.49. The summed E-state index contributed by atoms with van der Waals surface area (Å²) >= 11 is 0. The Morgan fingerprint density at radius 1 is 1.07 bits per heavy atom. The number of aromatic hydroxyl groups is 1. The number of aryl methyl sites for hydroxylation is 1. The zero-order valence-corrected chi connectivity index (χ0v) is 26.5. The second kappa shape index (κ2) is 10.2. The van der Waals surface area contributed by atoms with Gasteiger partial charge in [-0.05, 0) is 110 Å². The summed E-state index contributed by atoms with van der Waals surface area (Å²) in [4.78, 5) is 13.8. The fourth-order valence-electron chi connectivity index (χ4n) is 11.1. The molecule has 240 valence electrons. The monoisotopic (exact) mass is 606 g/mol. The van der Waals surface area contributed by atoms with Gasteiger partial charge in [0, 0.05) is 17.3 Å². The first-order chi connectivity index (χ1) is 20.8. The van der Waals surface area contributed by atoms with E-state index in [1.807, 2.05) is 12.1 Å². The van der Waals surface area contributed by atoms with Crippen LogP contribution in [0.5, 0.6) is 5.75 Å². The van der Waals surface area contributed by atoms with Crippen molar-refractivity contribution in [3.05, 3.63) is 53.6 Å². The van der Waals surface area contributed by atoms with Crippen molar-refractivity contribution >= 4 is 5.78 Å². The normalized spacial score (nSPS) is 48.2. The SMILES string of the molecule is CC(C)[C@@H](C)[C@H]1O[C@H]1[C@]1(O)CC=C[C@H]2C[C@@H]3C(=CC(=O)[C@H]4C[C@@H](O)[C@@H](O)C[C@@]43C)[C@@]3(O)CC[C@H]1[C@@]23CCc1cccc(O)c1. The van der Waals surface area contributed by atoms with Crippen molar-refractivity contribution in [3.63, 3.8) is 0 Å². The fourth-order valence-corrected chi connectivity index (χ4v) is 11.1. The van der Waals surface area contributed by atoms with Crippen molar-refractivity contribution in [1.29, 1.82) is 0 Å². The van der Waals surface area contributed by atoms with Gasteiger partial charge in [0.1, 0.15) is 17.5 Å². The van der Waals surface area contributed by atoms with Crippen LogP contribution in [0.1, 0.15) is 78.2 Å². The van der Waals surface area contributed by atoms with Crippen LogP contribution in [0.15, 0.2) is 48.1 Å². The Bertz CT molecular complexity index is 1390. The first-order valence-corrected chi connectivity index (χ1v) is 16.9. The number of carbonyl (C=O) groups is 1. The lowest BCUT2D eigenvalue weighted by Crippen LogP contribution is -2.66. The highest BCUT2D eigenvalue weighted by atomic mass is 16.6. The smallest absolute Gasteiger partial charge is 0.159 e. The summed E-state index contributed by atoms with van der Waals surface area (Å²) in [6, 6.07) is 7.27. The number of allylic oxidation sites excluding steroid dienone is 2. The van der Waals surface area contributed by atoms with Gasteiger partial charge < -0.3 is 30.3 Å². The Morgan fingerprint density at radius 2 is 1.84 bits per heavy atom. The molecule has 0 amide bonds. The third-order valence-corrected chi connectivity index (χ3v) is 13.7. The van der Waals surface area contributed by atoms with Gasteiger partial charge in [0.25, 0.3) is 0 Å². The van der Waals surface area contributed by atoms with Crippen molar-refractivity contribution in [2.75, 3.05) is 0 Å². The summed E-state index contributed by atoms with van der Waals surface area (Å²) < 4.78 is 6.34. The molecule has 0 unspecified atom stereocenters. The standard InChI is InChI=1S/C37H50O7/c1-20(2)21(3)32-33(44-32)36(42)12-6-8-23-16-25-26(17-28(39)27-18-29(40)30(41)19-34(25,27)4)37(43)14-11-31(36)35(23,37)13-10-22-7-5-9-24(38)15-22/h5-9,15,17,20-21,23,25,27,29-33,38,40-43H,10-14,16,18-19H2,1-4H3/t21-,23+,25-,27-,29-,30+,31+,32-,33-,34-,35-,36+,37+/m1/s1. The molecule has 0 spiro atoms. The molecule has 7 heteroatoms. The van der Waals surface area contributed by atoms with Gasteiger partial charge in [-0.3, -0.25) is 4.79 Å². The molecule has 44 heavy (non-hydrogen) atoms. The van der Waals surface area contributed by atoms with E-state index in [-0.39, 0.29) is 53.8 Å². The minimum Gasteiger partial charge on any atom is -0.508 e. The highest BCUT2D eigenvalue weighted by Gasteiger charge is 2.75. The number of carbonyl (C=O) groups excluding carboxylic acids is 1. The lowest BCUT2D eigenvalue weighted by atomic mass is 9.42. The highest BCUT2D eigenvalue weighted by molar-refractivity contribution is 5.95. The number of fused-ring (bicyclic) bond motifs is 4. The van der Waals surface area contributed by atoms with E-state index in [1.54, 1.807) is 18.2 Å². The number of ether oxygens (including phenoxy) is 1. The van der Waals surface area contributed by atoms with E-state index in [4.69, 9.17) is 4.74 Å². The van der Waals surface area contributed by atoms with E-state index in [2.05, 4.69) is 39.8 Å². The molecule has 4 fully saturated rings. The van der Waals surface area contributed by atoms with Crippen LogP contribution < -0.4 is 0 Å². The van der Waals surface area contributed by atoms with Crippen LogP contribution in [0.4, 0.5) is 0 Å². The Labute approximate surface area is 261 Å². The average molecular weight is 607 g/mol. The summed E-state index contributed by atoms with van der Waals surface area (Å²) in [5, 5.41) is 57.7. The Hall–Kier alpha value is -2.03. The van der Waals surface area contributed by atoms with Crippen molar-refractivity contribution < 1.29 is 35.1 Å². The van der Waals surface area contributed by atoms with E-state index in [0.29, 0.717) is 50.9 Å². The van der Waals surface area contributed by atoms with Crippen LogP contribution in [0, 0.1) is 46.3 Å². The van der Waals surface area contributed by atoms with E-state index < -0.39 is 40.2 Å². The maximum Gasteiger partial charge on any atom is 0.159 e. The van der Waals surface area contributed by atoms with Gasteiger partial charge in [-0.1, -0.05) is 52.0 Å². The molecule has 6 aliphatic rings. The molecule has 1 aromatic rings. The lowest BCUT2D eigenvalue weighted by molar-refractivity contribution is -0.182. The number of benzene rings is 1. The Morgan fingerprint density at radius 3 is 2.57 bits per heavy atom. The summed E-state index contributed by atoms with van der Waals surface area (Å²) in [7, 11) is 0. The number of ketones is 1. The molecule has 5 N–H and O–H groups in total. The van der Waals surface area contributed by atoms with Crippen LogP contribution in [-0.4, -0.2) is 66.9 Å². The number of epoxide rings is 1. The predicted molar refractivity (Wildman–Crippen MR) is 165 cm³/mol. The van der Waals surface area contributed by atoms with Crippen LogP contribution in [0.25, 0.3) is 0 Å². The molecule has 13 atom stereocenters. The van der Waals surface area contributed by atoms with Crippen molar-refractivity contribution in [2.24, 2.45) is 46.3 Å². The van der Waals surface area contributed by atoms with Gasteiger partial charge in [-0.2, -0.15) is 0 Å². The van der Waals surface area contributed by atoms with Crippen LogP contribution in [-0.2, 0) is 16.0 Å². The van der Waals surface area contributed by atoms with Crippen molar-refractivity contribution in [3.8, 4) is 5.75 Å². The van der Waals surface area contributed by atoms with Gasteiger partial charge in [-0.25, -0.2) is 0 Å². The Kier molecular flexibility index (Phi) is 7.12. The zero-order chi connectivity index (χ0) is 31.4. The maximum absolute atomic E-state index is 13.8. The molecule has 7 nitrogen and oxygen atoms in total. The number of aliphatic hydroxyl groups excluding tert-OH is 2. The van der Waals surface area contributed by atoms with Crippen LogP contribution >= 0.6 is 0 Å². The summed E-state index contributed by atoms with van der Waals surface area (Å²) in [5.41, 5.74) is -2.09. The minimum atomic E-state index is -1.33. The van der Waals surface area contributed by atoms with Crippen LogP contribution in [0.2, 0.25) is 0 Å². The third kappa shape index (κ3) is 4.15. The van der Waals surface area contributed by atoms with Crippen molar-refractivity contribution in [1.82, 2.24) is 0 Å². The van der Waals surface area contributed by atoms with Gasteiger partial charge in [0.2, 0.25) is 0 Å². The number of hydrogen-bond acceptors (Lipinski definition) is 7. The molecule has 0 radical (unpaired) electrons. The Balaban J connectivity index is 1.35. The van der Waals surface area contributed by atoms with Gasteiger partial charge in [0.05, 0.1) is 23.9 Å². The number of phenols is 1. The summed E-state index contributed by atoms with van der Waals surface area (Å²) in [6.45, 7) is 8.63. The molecule has 1 saturated heterocycles. The van der Waals surface area contributed by atoms with Crippen molar-refractivity contribution in [2.45, 2.75) is 115 Å². The lowest BCUT2D eigenvalue weighted by Gasteiger charge is -2.63. The summed E-state index contributed by atoms with van der Waals surface area (Å²) in [6.07, 6.45) is 7.82. The van der Waals surface area contributed by atoms with Gasteiger partial charge in [0.15, 0.2) is 5.78 Å². The number of hydrogen-bond donors (Lipinski definition) is 5. The maximum atomic E-state index is 13.8. The average Bonchev–Trinajstić information content (AvgIpc) is 3.72. The second-order valence-electron chi connectivity index (χ2n) is 15.9. The quantitative estimate of drug-likeness (QED) is 0.238. The van der Waals surface area contributed by atoms with Gasteiger partial charge >= 0.3 is 0 Å². The molecule has 0 aromatic heterocycles. The molecule has 7 rings (SSSR count). The number of aliphatic hydroxyl groups is 4. The fraction of sp³-hybridized carbons (Fsp3) is 0.703. The van der Waals surface area contributed by atoms with Crippen LogP contribution in [0.3, 0.4) is 0 Å². The molecule has 1 aliphatic heterocycles. The minimum absolute atomic E-state index is 0.0385. The van der Waals surface area contributed by atoms with E-state index in [1.165, 1.54) is 0 Å². The molecule has 0 bridgehead atoms. The highest BCUT2D eigenvalue weighted by Crippen LogP contribution is 2.73. The second-order valence-corrected chi connectivity index (χ2v) is 15.9. The van der Waals surface area contributed by atoms with Gasteiger partial charge in [-0.15, -0.1) is 0 Å². The number of rotatable bonds is 6. The number of phenolic OH excluding ortho intramolecular Hbond substituents is 1. The molecule has 1 heterocycles. The molecular weight excluding hydrogens is 556 g/mol. The topological polar surface area (TPSA) is 131 Å². The molecule has 1 aromatic carbocycles. The third-order valence-electron chi connectivity index (χ3n) is 13.7. The largest absolute Gasteiger partial charge is 0.508 e. The molecule has 3 saturated carbocycles. The zero-order valence-electron chi connectivity index (χ0n) is 26.5. The van der Waals surface area contributed by atoms with E-state index in [9.17, 15) is 30.3 Å².